The smallest absolute Gasteiger partial charge is 0.0210 e. The zero-order valence-corrected chi connectivity index (χ0v) is 9.97. The molecule has 0 heterocycles. The van der Waals surface area contributed by atoms with Crippen LogP contribution in [0, 0.1) is 28.6 Å². The molecule has 0 aromatic carbocycles. The van der Waals surface area contributed by atoms with Crippen molar-refractivity contribution in [1.29, 1.82) is 0 Å². The first kappa shape index (κ1) is 9.24. The van der Waals surface area contributed by atoms with Crippen LogP contribution in [0.15, 0.2) is 0 Å². The zero-order chi connectivity index (χ0) is 9.97. The SMILES string of the molecule is CC1CCCC23CC(CCC12)C3(C)C. The molecule has 4 saturated carbocycles. The van der Waals surface area contributed by atoms with Gasteiger partial charge in [-0.15, -0.1) is 0 Å². The van der Waals surface area contributed by atoms with Crippen LogP contribution in [0.4, 0.5) is 0 Å². The average molecular weight is 192 g/mol. The van der Waals surface area contributed by atoms with Gasteiger partial charge in [0.25, 0.3) is 0 Å². The molecule has 0 amide bonds. The lowest BCUT2D eigenvalue weighted by molar-refractivity contribution is -0.228. The Morgan fingerprint density at radius 2 is 1.86 bits per heavy atom. The van der Waals surface area contributed by atoms with E-state index in [-0.39, 0.29) is 0 Å². The van der Waals surface area contributed by atoms with Crippen molar-refractivity contribution in [2.24, 2.45) is 28.6 Å². The number of hydrogen-bond donors (Lipinski definition) is 0. The van der Waals surface area contributed by atoms with E-state index in [0.717, 1.165) is 23.2 Å². The highest BCUT2D eigenvalue weighted by molar-refractivity contribution is 5.15. The lowest BCUT2D eigenvalue weighted by Crippen LogP contribution is -2.64. The van der Waals surface area contributed by atoms with E-state index < -0.39 is 0 Å². The van der Waals surface area contributed by atoms with Gasteiger partial charge in [-0.3, -0.25) is 0 Å². The molecule has 0 nitrogen and oxygen atoms in total. The quantitative estimate of drug-likeness (QED) is 0.538. The molecule has 0 saturated heterocycles. The van der Waals surface area contributed by atoms with Gasteiger partial charge in [0.05, 0.1) is 0 Å². The van der Waals surface area contributed by atoms with E-state index in [4.69, 9.17) is 0 Å². The molecule has 0 aromatic heterocycles. The van der Waals surface area contributed by atoms with Gasteiger partial charge in [-0.25, -0.2) is 0 Å². The lowest BCUT2D eigenvalue weighted by Gasteiger charge is -2.72. The summed E-state index contributed by atoms with van der Waals surface area (Å²) in [5.41, 5.74) is 1.47. The van der Waals surface area contributed by atoms with Crippen LogP contribution in [0.3, 0.4) is 0 Å². The van der Waals surface area contributed by atoms with Crippen LogP contribution in [-0.2, 0) is 0 Å². The summed E-state index contributed by atoms with van der Waals surface area (Å²) >= 11 is 0. The van der Waals surface area contributed by atoms with Crippen molar-refractivity contribution in [3.63, 3.8) is 0 Å². The third-order valence-corrected chi connectivity index (χ3v) is 6.42. The first-order chi connectivity index (χ1) is 6.58. The van der Waals surface area contributed by atoms with Crippen LogP contribution in [0.25, 0.3) is 0 Å². The topological polar surface area (TPSA) is 0 Å². The second-order valence-corrected chi connectivity index (χ2v) is 6.83. The van der Waals surface area contributed by atoms with Crippen molar-refractivity contribution >= 4 is 0 Å². The lowest BCUT2D eigenvalue weighted by atomic mass is 9.33. The minimum atomic E-state index is 0.685. The summed E-state index contributed by atoms with van der Waals surface area (Å²) in [6, 6.07) is 0. The standard InChI is InChI=1S/C14H24/c1-10-5-4-8-14-9-11(13(14,2)3)6-7-12(10)14/h10-12H,4-9H2,1-3H3. The van der Waals surface area contributed by atoms with E-state index in [1.54, 1.807) is 19.3 Å². The highest BCUT2D eigenvalue weighted by Crippen LogP contribution is 2.74. The third-order valence-electron chi connectivity index (χ3n) is 6.42. The van der Waals surface area contributed by atoms with Gasteiger partial charge in [-0.2, -0.15) is 0 Å². The monoisotopic (exact) mass is 192 g/mol. The largest absolute Gasteiger partial charge is 0.0622 e. The van der Waals surface area contributed by atoms with Crippen LogP contribution in [0.1, 0.15) is 59.3 Å². The molecule has 1 spiro atoms. The summed E-state index contributed by atoms with van der Waals surface area (Å²) in [6.07, 6.45) is 9.22. The van der Waals surface area contributed by atoms with Gasteiger partial charge in [0.15, 0.2) is 0 Å². The summed E-state index contributed by atoms with van der Waals surface area (Å²) in [7, 11) is 0. The number of hydrogen-bond acceptors (Lipinski definition) is 0. The van der Waals surface area contributed by atoms with Crippen molar-refractivity contribution < 1.29 is 0 Å². The van der Waals surface area contributed by atoms with E-state index in [1.807, 2.05) is 0 Å². The normalized spacial score (nSPS) is 54.6. The molecule has 4 unspecified atom stereocenters. The van der Waals surface area contributed by atoms with Gasteiger partial charge in [0.2, 0.25) is 0 Å². The first-order valence-electron chi connectivity index (χ1n) is 6.58. The molecular formula is C14H24. The van der Waals surface area contributed by atoms with Gasteiger partial charge in [-0.1, -0.05) is 33.6 Å². The first-order valence-corrected chi connectivity index (χ1v) is 6.58. The third kappa shape index (κ3) is 0.823. The summed E-state index contributed by atoms with van der Waals surface area (Å²) in [5, 5.41) is 0. The molecule has 4 aliphatic carbocycles. The fraction of sp³-hybridized carbons (Fsp3) is 1.00. The molecule has 14 heavy (non-hydrogen) atoms. The minimum absolute atomic E-state index is 0.685. The van der Waals surface area contributed by atoms with Crippen molar-refractivity contribution in [1.82, 2.24) is 0 Å². The van der Waals surface area contributed by atoms with Gasteiger partial charge in [0.1, 0.15) is 0 Å². The van der Waals surface area contributed by atoms with Crippen molar-refractivity contribution in [3.05, 3.63) is 0 Å². The Bertz CT molecular complexity index is 249. The Morgan fingerprint density at radius 1 is 1.07 bits per heavy atom. The van der Waals surface area contributed by atoms with Crippen LogP contribution in [0.2, 0.25) is 0 Å². The van der Waals surface area contributed by atoms with Crippen molar-refractivity contribution in [3.8, 4) is 0 Å². The maximum atomic E-state index is 2.56. The molecule has 0 radical (unpaired) electrons. The predicted octanol–water partition coefficient (Wildman–Crippen LogP) is 4.25. The second kappa shape index (κ2) is 2.57. The fourth-order valence-electron chi connectivity index (χ4n) is 5.36. The molecule has 2 bridgehead atoms. The van der Waals surface area contributed by atoms with E-state index in [2.05, 4.69) is 20.8 Å². The molecule has 0 aromatic rings. The van der Waals surface area contributed by atoms with Crippen molar-refractivity contribution in [2.75, 3.05) is 0 Å². The summed E-state index contributed by atoms with van der Waals surface area (Å²) in [4.78, 5) is 0. The van der Waals surface area contributed by atoms with Gasteiger partial charge < -0.3 is 0 Å². The van der Waals surface area contributed by atoms with E-state index in [0.29, 0.717) is 5.41 Å². The maximum Gasteiger partial charge on any atom is -0.0210 e. The summed E-state index contributed by atoms with van der Waals surface area (Å²) < 4.78 is 0. The van der Waals surface area contributed by atoms with Gasteiger partial charge in [-0.05, 0) is 54.3 Å². The van der Waals surface area contributed by atoms with Crippen LogP contribution < -0.4 is 0 Å². The molecule has 4 fully saturated rings. The Kier molecular flexibility index (Phi) is 1.70. The number of rotatable bonds is 0. The summed E-state index contributed by atoms with van der Waals surface area (Å²) in [5.74, 6) is 3.17. The molecule has 4 atom stereocenters. The molecule has 80 valence electrons. The molecular weight excluding hydrogens is 168 g/mol. The van der Waals surface area contributed by atoms with Gasteiger partial charge in [0, 0.05) is 0 Å². The molecule has 0 N–H and O–H groups in total. The zero-order valence-electron chi connectivity index (χ0n) is 9.97. The number of fused-ring (bicyclic) bond motifs is 1. The maximum absolute atomic E-state index is 2.56. The Morgan fingerprint density at radius 3 is 2.50 bits per heavy atom. The fourth-order valence-corrected chi connectivity index (χ4v) is 5.36. The van der Waals surface area contributed by atoms with E-state index >= 15 is 0 Å². The van der Waals surface area contributed by atoms with E-state index in [9.17, 15) is 0 Å². The minimum Gasteiger partial charge on any atom is -0.0622 e. The van der Waals surface area contributed by atoms with E-state index in [1.165, 1.54) is 19.3 Å². The van der Waals surface area contributed by atoms with Crippen LogP contribution >= 0.6 is 0 Å². The Balaban J connectivity index is 1.97. The molecule has 4 aliphatic rings. The molecule has 4 rings (SSSR count). The van der Waals surface area contributed by atoms with Gasteiger partial charge >= 0.3 is 0 Å². The predicted molar refractivity (Wildman–Crippen MR) is 60.1 cm³/mol. The highest BCUT2D eigenvalue weighted by atomic mass is 14.7. The van der Waals surface area contributed by atoms with Crippen LogP contribution in [-0.4, -0.2) is 0 Å². The van der Waals surface area contributed by atoms with Crippen molar-refractivity contribution in [2.45, 2.75) is 59.3 Å². The molecule has 0 aliphatic heterocycles. The molecule has 0 heteroatoms. The highest BCUT2D eigenvalue weighted by Gasteiger charge is 2.66. The average Bonchev–Trinajstić information content (AvgIpc) is 2.17. The summed E-state index contributed by atoms with van der Waals surface area (Å²) in [6.45, 7) is 7.64. The van der Waals surface area contributed by atoms with Crippen LogP contribution in [0.5, 0.6) is 0 Å². The second-order valence-electron chi connectivity index (χ2n) is 6.83. The Hall–Kier alpha value is 0. The Labute approximate surface area is 88.5 Å².